The van der Waals surface area contributed by atoms with Crippen molar-refractivity contribution in [2.45, 2.75) is 38.3 Å². The topological polar surface area (TPSA) is 61.4 Å². The monoisotopic (exact) mass is 298 g/mol. The molecule has 0 spiro atoms. The normalized spacial score (nSPS) is 18.6. The molecule has 0 saturated carbocycles. The van der Waals surface area contributed by atoms with Crippen LogP contribution < -0.4 is 10.6 Å². The fourth-order valence-corrected chi connectivity index (χ4v) is 2.49. The molecular formula is C15H23ClN2O2. The number of amides is 1. The summed E-state index contributed by atoms with van der Waals surface area (Å²) in [7, 11) is 0. The van der Waals surface area contributed by atoms with Gasteiger partial charge in [0.25, 0.3) is 0 Å². The van der Waals surface area contributed by atoms with Crippen molar-refractivity contribution in [3.63, 3.8) is 0 Å². The molecule has 1 heterocycles. The van der Waals surface area contributed by atoms with E-state index < -0.39 is 6.10 Å². The molecule has 0 aliphatic carbocycles. The Labute approximate surface area is 126 Å². The highest BCUT2D eigenvalue weighted by molar-refractivity contribution is 5.85. The van der Waals surface area contributed by atoms with Gasteiger partial charge in [0.05, 0.1) is 6.10 Å². The summed E-state index contributed by atoms with van der Waals surface area (Å²) >= 11 is 0. The van der Waals surface area contributed by atoms with Crippen LogP contribution >= 0.6 is 12.4 Å². The smallest absolute Gasteiger partial charge is 0.241 e. The Morgan fingerprint density at radius 1 is 1.50 bits per heavy atom. The third kappa shape index (κ3) is 4.20. The molecule has 0 radical (unpaired) electrons. The summed E-state index contributed by atoms with van der Waals surface area (Å²) < 4.78 is 0. The largest absolute Gasteiger partial charge is 0.391 e. The summed E-state index contributed by atoms with van der Waals surface area (Å²) in [5, 5.41) is 15.7. The first kappa shape index (κ1) is 17.0. The summed E-state index contributed by atoms with van der Waals surface area (Å²) in [5.74, 6) is -0.0534. The van der Waals surface area contributed by atoms with Crippen LogP contribution in [0.1, 0.15) is 36.9 Å². The Hall–Kier alpha value is -1.10. The minimum Gasteiger partial charge on any atom is -0.391 e. The van der Waals surface area contributed by atoms with Crippen molar-refractivity contribution in [2.75, 3.05) is 13.1 Å². The van der Waals surface area contributed by atoms with E-state index in [-0.39, 0.29) is 24.4 Å². The van der Waals surface area contributed by atoms with Gasteiger partial charge in [0.1, 0.15) is 6.04 Å². The lowest BCUT2D eigenvalue weighted by molar-refractivity contribution is -0.123. The molecular weight excluding hydrogens is 276 g/mol. The molecule has 0 saturated heterocycles. The van der Waals surface area contributed by atoms with Crippen molar-refractivity contribution in [1.29, 1.82) is 0 Å². The van der Waals surface area contributed by atoms with E-state index in [4.69, 9.17) is 0 Å². The number of aliphatic hydroxyl groups is 1. The number of benzene rings is 1. The van der Waals surface area contributed by atoms with Crippen molar-refractivity contribution in [1.82, 2.24) is 10.6 Å². The molecule has 20 heavy (non-hydrogen) atoms. The predicted molar refractivity (Wildman–Crippen MR) is 82.1 cm³/mol. The van der Waals surface area contributed by atoms with E-state index in [1.807, 2.05) is 25.1 Å². The van der Waals surface area contributed by atoms with Crippen LogP contribution in [0, 0.1) is 0 Å². The minimum absolute atomic E-state index is 0. The average Bonchev–Trinajstić information content (AvgIpc) is 2.44. The third-order valence-corrected chi connectivity index (χ3v) is 3.50. The Morgan fingerprint density at radius 3 is 3.00 bits per heavy atom. The lowest BCUT2D eigenvalue weighted by atomic mass is 9.94. The van der Waals surface area contributed by atoms with Crippen molar-refractivity contribution in [3.05, 3.63) is 35.4 Å². The molecule has 112 valence electrons. The van der Waals surface area contributed by atoms with Gasteiger partial charge in [-0.1, -0.05) is 37.6 Å². The molecule has 2 atom stereocenters. The standard InChI is InChI=1S/C15H22N2O2.ClH/c1-2-5-12(18)10-17-15(19)14-13-7-4-3-6-11(13)8-9-16-14;/h3-4,6-7,12,14,16,18H,2,5,8-10H2,1H3,(H,17,19);1H. The fourth-order valence-electron chi connectivity index (χ4n) is 2.49. The molecule has 2 unspecified atom stereocenters. The van der Waals surface area contributed by atoms with Crippen LogP contribution in [0.2, 0.25) is 0 Å². The molecule has 1 aliphatic heterocycles. The molecule has 0 fully saturated rings. The van der Waals surface area contributed by atoms with E-state index in [0.717, 1.165) is 31.4 Å². The van der Waals surface area contributed by atoms with Crippen molar-refractivity contribution in [3.8, 4) is 0 Å². The van der Waals surface area contributed by atoms with Crippen LogP contribution in [0.25, 0.3) is 0 Å². The Morgan fingerprint density at radius 2 is 2.25 bits per heavy atom. The zero-order valence-electron chi connectivity index (χ0n) is 11.8. The first-order valence-electron chi connectivity index (χ1n) is 6.99. The van der Waals surface area contributed by atoms with Gasteiger partial charge < -0.3 is 15.7 Å². The number of hydrogen-bond acceptors (Lipinski definition) is 3. The van der Waals surface area contributed by atoms with Crippen LogP contribution in [0.5, 0.6) is 0 Å². The van der Waals surface area contributed by atoms with E-state index in [0.29, 0.717) is 6.54 Å². The maximum absolute atomic E-state index is 12.2. The Bertz CT molecular complexity index is 440. The highest BCUT2D eigenvalue weighted by Gasteiger charge is 2.25. The number of aliphatic hydroxyl groups excluding tert-OH is 1. The second-order valence-corrected chi connectivity index (χ2v) is 5.02. The molecule has 0 bridgehead atoms. The van der Waals surface area contributed by atoms with Gasteiger partial charge in [-0.05, 0) is 24.0 Å². The van der Waals surface area contributed by atoms with Crippen molar-refractivity contribution < 1.29 is 9.90 Å². The van der Waals surface area contributed by atoms with Crippen LogP contribution in [-0.2, 0) is 11.2 Å². The van der Waals surface area contributed by atoms with Gasteiger partial charge in [-0.25, -0.2) is 0 Å². The van der Waals surface area contributed by atoms with Gasteiger partial charge in [0.15, 0.2) is 0 Å². The van der Waals surface area contributed by atoms with Crippen LogP contribution in [0.4, 0.5) is 0 Å². The van der Waals surface area contributed by atoms with E-state index >= 15 is 0 Å². The van der Waals surface area contributed by atoms with Crippen molar-refractivity contribution in [2.24, 2.45) is 0 Å². The van der Waals surface area contributed by atoms with Gasteiger partial charge in [-0.3, -0.25) is 4.79 Å². The number of rotatable bonds is 5. The molecule has 5 heteroatoms. The first-order chi connectivity index (χ1) is 9.22. The highest BCUT2D eigenvalue weighted by atomic mass is 35.5. The molecule has 1 amide bonds. The molecule has 1 aliphatic rings. The fraction of sp³-hybridized carbons (Fsp3) is 0.533. The maximum atomic E-state index is 12.2. The zero-order valence-corrected chi connectivity index (χ0v) is 12.6. The number of halogens is 1. The first-order valence-corrected chi connectivity index (χ1v) is 6.99. The van der Waals surface area contributed by atoms with Gasteiger partial charge in [0.2, 0.25) is 5.91 Å². The van der Waals surface area contributed by atoms with Crippen molar-refractivity contribution >= 4 is 18.3 Å². The number of carbonyl (C=O) groups excluding carboxylic acids is 1. The zero-order chi connectivity index (χ0) is 13.7. The number of carbonyl (C=O) groups is 1. The lowest BCUT2D eigenvalue weighted by Crippen LogP contribution is -2.43. The van der Waals surface area contributed by atoms with E-state index in [1.165, 1.54) is 5.56 Å². The molecule has 1 aromatic rings. The van der Waals surface area contributed by atoms with Gasteiger partial charge in [-0.15, -0.1) is 12.4 Å². The number of fused-ring (bicyclic) bond motifs is 1. The van der Waals surface area contributed by atoms with Gasteiger partial charge >= 0.3 is 0 Å². The summed E-state index contributed by atoms with van der Waals surface area (Å²) in [6.07, 6.45) is 2.14. The quantitative estimate of drug-likeness (QED) is 0.773. The molecule has 1 aromatic carbocycles. The Kier molecular flexibility index (Phi) is 6.99. The summed E-state index contributed by atoms with van der Waals surface area (Å²) in [5.41, 5.74) is 2.28. The minimum atomic E-state index is -0.451. The number of nitrogens with one attached hydrogen (secondary N) is 2. The van der Waals surface area contributed by atoms with E-state index in [9.17, 15) is 9.90 Å². The van der Waals surface area contributed by atoms with Crippen LogP contribution in [-0.4, -0.2) is 30.2 Å². The van der Waals surface area contributed by atoms with Gasteiger partial charge in [-0.2, -0.15) is 0 Å². The maximum Gasteiger partial charge on any atom is 0.241 e. The van der Waals surface area contributed by atoms with Gasteiger partial charge in [0, 0.05) is 13.1 Å². The second-order valence-electron chi connectivity index (χ2n) is 5.02. The molecule has 4 nitrogen and oxygen atoms in total. The molecule has 3 N–H and O–H groups in total. The summed E-state index contributed by atoms with van der Waals surface area (Å²) in [6, 6.07) is 7.73. The SMILES string of the molecule is CCCC(O)CNC(=O)C1NCCc2ccccc21.Cl. The summed E-state index contributed by atoms with van der Waals surface area (Å²) in [6.45, 7) is 3.16. The second kappa shape index (κ2) is 8.25. The highest BCUT2D eigenvalue weighted by Crippen LogP contribution is 2.22. The lowest BCUT2D eigenvalue weighted by Gasteiger charge is -2.26. The molecule has 2 rings (SSSR count). The van der Waals surface area contributed by atoms with Crippen LogP contribution in [0.3, 0.4) is 0 Å². The van der Waals surface area contributed by atoms with Crippen LogP contribution in [0.15, 0.2) is 24.3 Å². The number of hydrogen-bond donors (Lipinski definition) is 3. The third-order valence-electron chi connectivity index (χ3n) is 3.50. The average molecular weight is 299 g/mol. The summed E-state index contributed by atoms with van der Waals surface area (Å²) in [4.78, 5) is 12.2. The van der Waals surface area contributed by atoms with E-state index in [1.54, 1.807) is 0 Å². The molecule has 0 aromatic heterocycles. The Balaban J connectivity index is 0.00000200. The van der Waals surface area contributed by atoms with E-state index in [2.05, 4.69) is 16.7 Å². The predicted octanol–water partition coefficient (Wildman–Crippen LogP) is 1.57.